The Morgan fingerprint density at radius 1 is 0.719 bits per heavy atom. The lowest BCUT2D eigenvalue weighted by atomic mass is 9.91. The summed E-state index contributed by atoms with van der Waals surface area (Å²) in [4.78, 5) is 22.7. The van der Waals surface area contributed by atoms with Crippen molar-refractivity contribution in [3.63, 3.8) is 0 Å². The highest BCUT2D eigenvalue weighted by Crippen LogP contribution is 2.21. The van der Waals surface area contributed by atoms with Gasteiger partial charge in [-0.1, -0.05) is 54.0 Å². The van der Waals surface area contributed by atoms with Gasteiger partial charge in [-0.3, -0.25) is 9.59 Å². The molecule has 0 heterocycles. The minimum absolute atomic E-state index is 0.151. The summed E-state index contributed by atoms with van der Waals surface area (Å²) in [6.07, 6.45) is 4.50. The van der Waals surface area contributed by atoms with Crippen LogP contribution in [0.5, 0.6) is 0 Å². The zero-order valence-electron chi connectivity index (χ0n) is 22.9. The van der Waals surface area contributed by atoms with E-state index in [2.05, 4.69) is 34.3 Å². The Morgan fingerprint density at radius 3 is 1.38 bits per heavy atom. The van der Waals surface area contributed by atoms with Crippen LogP contribution in [0.25, 0.3) is 0 Å². The van der Waals surface area contributed by atoms with E-state index in [9.17, 15) is 9.59 Å². The van der Waals surface area contributed by atoms with Gasteiger partial charge < -0.3 is 18.9 Å². The molecule has 0 atom stereocenters. The van der Waals surface area contributed by atoms with Crippen LogP contribution in [-0.2, 0) is 28.5 Å². The lowest BCUT2D eigenvalue weighted by Gasteiger charge is -2.20. The number of hydrogen-bond donors (Lipinski definition) is 0. The number of rotatable bonds is 12. The van der Waals surface area contributed by atoms with Crippen LogP contribution in [0.2, 0.25) is 0 Å². The number of carbonyl (C=O) groups excluding carboxylic acids is 2. The Balaban J connectivity index is -0.000000425. The molecule has 0 aromatic rings. The smallest absolute Gasteiger partial charge is 0.311 e. The van der Waals surface area contributed by atoms with Crippen LogP contribution in [0.15, 0.2) is 12.7 Å². The first-order valence-corrected chi connectivity index (χ1v) is 11.7. The first-order chi connectivity index (χ1) is 14.6. The first kappa shape index (κ1) is 35.2. The Morgan fingerprint density at radius 2 is 1.09 bits per heavy atom. The molecule has 0 spiro atoms. The van der Waals surface area contributed by atoms with Crippen LogP contribution in [0.1, 0.15) is 88.5 Å². The number of ether oxygens (including phenoxy) is 4. The summed E-state index contributed by atoms with van der Waals surface area (Å²) in [5, 5.41) is 0. The maximum absolute atomic E-state index is 11.4. The number of hydrogen-bond acceptors (Lipinski definition) is 6. The van der Waals surface area contributed by atoms with Crippen LogP contribution in [0.3, 0.4) is 0 Å². The van der Waals surface area contributed by atoms with Gasteiger partial charge in [0.25, 0.3) is 0 Å². The summed E-state index contributed by atoms with van der Waals surface area (Å²) in [6.45, 7) is 25.9. The highest BCUT2D eigenvalue weighted by Gasteiger charge is 2.27. The number of esters is 2. The van der Waals surface area contributed by atoms with Crippen LogP contribution < -0.4 is 0 Å². The zero-order chi connectivity index (χ0) is 25.8. The highest BCUT2D eigenvalue weighted by atomic mass is 16.6. The molecule has 32 heavy (non-hydrogen) atoms. The minimum atomic E-state index is -0.390. The van der Waals surface area contributed by atoms with E-state index >= 15 is 0 Å². The van der Waals surface area contributed by atoms with E-state index < -0.39 is 5.41 Å². The van der Waals surface area contributed by atoms with E-state index in [0.29, 0.717) is 38.4 Å². The quantitative estimate of drug-likeness (QED) is 0.195. The second kappa shape index (κ2) is 19.1. The summed E-state index contributed by atoms with van der Waals surface area (Å²) >= 11 is 0. The Kier molecular flexibility index (Phi) is 21.0. The maximum Gasteiger partial charge on any atom is 0.311 e. The van der Waals surface area contributed by atoms with Gasteiger partial charge in [-0.2, -0.15) is 0 Å². The van der Waals surface area contributed by atoms with Crippen molar-refractivity contribution in [3.8, 4) is 0 Å². The van der Waals surface area contributed by atoms with Crippen LogP contribution in [0.4, 0.5) is 0 Å². The maximum atomic E-state index is 11.4. The van der Waals surface area contributed by atoms with Gasteiger partial charge in [0.1, 0.15) is 13.2 Å². The van der Waals surface area contributed by atoms with Crippen LogP contribution >= 0.6 is 0 Å². The van der Waals surface area contributed by atoms with Crippen molar-refractivity contribution in [2.45, 2.75) is 88.5 Å². The summed E-state index contributed by atoms with van der Waals surface area (Å²) in [6, 6.07) is 0. The fraction of sp³-hybridized carbons (Fsp3) is 0.846. The van der Waals surface area contributed by atoms with Crippen LogP contribution in [-0.4, -0.2) is 52.1 Å². The largest absolute Gasteiger partial charge is 0.463 e. The molecule has 0 saturated heterocycles. The van der Waals surface area contributed by atoms with Crippen molar-refractivity contribution < 1.29 is 28.5 Å². The molecule has 0 fully saturated rings. The van der Waals surface area contributed by atoms with Crippen molar-refractivity contribution >= 4 is 11.9 Å². The minimum Gasteiger partial charge on any atom is -0.463 e. The van der Waals surface area contributed by atoms with Gasteiger partial charge in [0.05, 0.1) is 30.7 Å². The van der Waals surface area contributed by atoms with Gasteiger partial charge in [-0.05, 0) is 46.0 Å². The molecule has 6 heteroatoms. The fourth-order valence-electron chi connectivity index (χ4n) is 1.26. The molecule has 0 aliphatic heterocycles. The van der Waals surface area contributed by atoms with Gasteiger partial charge in [0, 0.05) is 7.11 Å². The summed E-state index contributed by atoms with van der Waals surface area (Å²) in [5.41, 5.74) is -0.216. The lowest BCUT2D eigenvalue weighted by Crippen LogP contribution is -2.27. The van der Waals surface area contributed by atoms with E-state index in [-0.39, 0.29) is 17.4 Å². The highest BCUT2D eigenvalue weighted by molar-refractivity contribution is 5.76. The SMILES string of the molecule is C=CCOCCOC(=O)C(C)(C)CC.CCC(C)(C)C.CCC(C)(C)C(=O)OCCOC. The molecule has 0 aromatic heterocycles. The van der Waals surface area contributed by atoms with Gasteiger partial charge in [-0.15, -0.1) is 6.58 Å². The molecule has 0 rings (SSSR count). The Labute approximate surface area is 198 Å². The molecule has 6 nitrogen and oxygen atoms in total. The normalized spacial score (nSPS) is 11.3. The molecule has 0 N–H and O–H groups in total. The lowest BCUT2D eigenvalue weighted by molar-refractivity contribution is -0.156. The first-order valence-electron chi connectivity index (χ1n) is 11.7. The third-order valence-electron chi connectivity index (χ3n) is 5.15. The van der Waals surface area contributed by atoms with Gasteiger partial charge in [-0.25, -0.2) is 0 Å². The predicted octanol–water partition coefficient (Wildman–Crippen LogP) is 6.22. The third-order valence-corrected chi connectivity index (χ3v) is 5.15. The molecule has 0 radical (unpaired) electrons. The zero-order valence-corrected chi connectivity index (χ0v) is 22.9. The molecular formula is C26H52O6. The molecule has 0 amide bonds. The molecule has 0 aliphatic carbocycles. The molecule has 0 unspecified atom stereocenters. The van der Waals surface area contributed by atoms with E-state index in [1.165, 1.54) is 6.42 Å². The van der Waals surface area contributed by atoms with E-state index in [1.54, 1.807) is 13.2 Å². The summed E-state index contributed by atoms with van der Waals surface area (Å²) < 4.78 is 19.9. The standard InChI is InChI=1S/C11H20O3.C9H18O3.C6H14/c1-5-7-13-8-9-14-10(12)11(3,4)6-2;1-5-9(2,3)8(10)12-7-6-11-4;1-5-6(2,3)4/h5H,1,6-9H2,2-4H3;5-7H2,1-4H3;5H2,1-4H3. The average molecular weight is 461 g/mol. The van der Waals surface area contributed by atoms with Gasteiger partial charge in [0.2, 0.25) is 0 Å². The van der Waals surface area contributed by atoms with Crippen molar-refractivity contribution in [3.05, 3.63) is 12.7 Å². The van der Waals surface area contributed by atoms with Crippen molar-refractivity contribution in [2.24, 2.45) is 16.2 Å². The molecule has 0 aliphatic rings. The van der Waals surface area contributed by atoms with Crippen molar-refractivity contribution in [1.82, 2.24) is 0 Å². The monoisotopic (exact) mass is 460 g/mol. The molecule has 0 aromatic carbocycles. The van der Waals surface area contributed by atoms with Gasteiger partial charge in [0.15, 0.2) is 0 Å². The topological polar surface area (TPSA) is 71.1 Å². The predicted molar refractivity (Wildman–Crippen MR) is 133 cm³/mol. The van der Waals surface area contributed by atoms with Crippen molar-refractivity contribution in [2.75, 3.05) is 40.1 Å². The third kappa shape index (κ3) is 21.8. The molecular weight excluding hydrogens is 408 g/mol. The molecule has 0 bridgehead atoms. The second-order valence-electron chi connectivity index (χ2n) is 10.0. The Hall–Kier alpha value is -1.40. The van der Waals surface area contributed by atoms with Gasteiger partial charge >= 0.3 is 11.9 Å². The van der Waals surface area contributed by atoms with Crippen LogP contribution in [0, 0.1) is 16.2 Å². The fourth-order valence-corrected chi connectivity index (χ4v) is 1.26. The van der Waals surface area contributed by atoms with E-state index in [0.717, 1.165) is 12.8 Å². The Bertz CT molecular complexity index is 489. The second-order valence-corrected chi connectivity index (χ2v) is 10.0. The molecule has 192 valence electrons. The summed E-state index contributed by atoms with van der Waals surface area (Å²) in [5.74, 6) is -0.316. The van der Waals surface area contributed by atoms with E-state index in [1.807, 2.05) is 41.5 Å². The summed E-state index contributed by atoms with van der Waals surface area (Å²) in [7, 11) is 1.58. The molecule has 0 saturated carbocycles. The number of carbonyl (C=O) groups is 2. The number of methoxy groups -OCH3 is 1. The van der Waals surface area contributed by atoms with Crippen molar-refractivity contribution in [1.29, 1.82) is 0 Å². The average Bonchev–Trinajstić information content (AvgIpc) is 2.73. The van der Waals surface area contributed by atoms with E-state index in [4.69, 9.17) is 18.9 Å².